The van der Waals surface area contributed by atoms with Crippen LogP contribution in [0.1, 0.15) is 21.5 Å². The molecule has 0 saturated heterocycles. The van der Waals surface area contributed by atoms with Gasteiger partial charge in [-0.05, 0) is 48.0 Å². The quantitative estimate of drug-likeness (QED) is 0.537. The first kappa shape index (κ1) is 20.9. The number of anilines is 2. The third-order valence-corrected chi connectivity index (χ3v) is 4.07. The van der Waals surface area contributed by atoms with Gasteiger partial charge in [0.1, 0.15) is 0 Å². The fraction of sp³-hybridized carbons (Fsp3) is 0.0435. The van der Waals surface area contributed by atoms with Crippen LogP contribution in [0.4, 0.5) is 24.5 Å². The Morgan fingerprint density at radius 3 is 2.13 bits per heavy atom. The van der Waals surface area contributed by atoms with E-state index in [1.54, 1.807) is 18.2 Å². The van der Waals surface area contributed by atoms with Gasteiger partial charge in [-0.25, -0.2) is 0 Å². The molecule has 0 saturated carbocycles. The molecule has 0 aromatic heterocycles. The van der Waals surface area contributed by atoms with Crippen LogP contribution in [0.15, 0.2) is 84.9 Å². The highest BCUT2D eigenvalue weighted by molar-refractivity contribution is 6.06. The third kappa shape index (κ3) is 5.81. The summed E-state index contributed by atoms with van der Waals surface area (Å²) in [4.78, 5) is 24.5. The molecular formula is C23H17F3N2O2. The summed E-state index contributed by atoms with van der Waals surface area (Å²) in [7, 11) is 0. The molecule has 0 aliphatic carbocycles. The minimum Gasteiger partial charge on any atom is -0.322 e. The first-order valence-corrected chi connectivity index (χ1v) is 8.94. The van der Waals surface area contributed by atoms with E-state index in [4.69, 9.17) is 0 Å². The molecule has 152 valence electrons. The maximum absolute atomic E-state index is 12.8. The van der Waals surface area contributed by atoms with Gasteiger partial charge in [0, 0.05) is 23.0 Å². The van der Waals surface area contributed by atoms with Gasteiger partial charge in [-0.3, -0.25) is 9.59 Å². The maximum Gasteiger partial charge on any atom is 0.416 e. The Hall–Kier alpha value is -3.87. The second-order valence-electron chi connectivity index (χ2n) is 6.35. The molecule has 0 unspecified atom stereocenters. The van der Waals surface area contributed by atoms with Crippen LogP contribution < -0.4 is 10.6 Å². The van der Waals surface area contributed by atoms with Gasteiger partial charge in [-0.2, -0.15) is 13.2 Å². The Balaban J connectivity index is 1.67. The zero-order chi connectivity index (χ0) is 21.6. The fourth-order valence-corrected chi connectivity index (χ4v) is 2.63. The molecule has 0 heterocycles. The molecule has 0 bridgehead atoms. The molecule has 0 aliphatic heterocycles. The lowest BCUT2D eigenvalue weighted by Gasteiger charge is -2.10. The van der Waals surface area contributed by atoms with E-state index in [1.807, 2.05) is 30.3 Å². The molecule has 0 radical (unpaired) electrons. The first-order valence-electron chi connectivity index (χ1n) is 8.94. The van der Waals surface area contributed by atoms with E-state index in [9.17, 15) is 22.8 Å². The highest BCUT2D eigenvalue weighted by Gasteiger charge is 2.30. The molecule has 2 amide bonds. The summed E-state index contributed by atoms with van der Waals surface area (Å²) in [5, 5.41) is 5.08. The third-order valence-electron chi connectivity index (χ3n) is 4.07. The summed E-state index contributed by atoms with van der Waals surface area (Å²) in [6.07, 6.45) is -1.48. The van der Waals surface area contributed by atoms with Gasteiger partial charge >= 0.3 is 6.18 Å². The lowest BCUT2D eigenvalue weighted by molar-refractivity contribution is -0.137. The molecule has 0 aliphatic rings. The Labute approximate surface area is 171 Å². The van der Waals surface area contributed by atoms with Gasteiger partial charge in [0.2, 0.25) is 5.91 Å². The van der Waals surface area contributed by atoms with Crippen LogP contribution in [0.3, 0.4) is 0 Å². The van der Waals surface area contributed by atoms with Crippen molar-refractivity contribution in [1.82, 2.24) is 0 Å². The molecule has 3 aromatic carbocycles. The van der Waals surface area contributed by atoms with E-state index in [0.717, 1.165) is 17.7 Å². The number of carbonyl (C=O) groups excluding carboxylic acids is 2. The molecule has 0 atom stereocenters. The van der Waals surface area contributed by atoms with Crippen molar-refractivity contribution in [2.45, 2.75) is 6.18 Å². The largest absolute Gasteiger partial charge is 0.416 e. The molecule has 0 spiro atoms. The smallest absolute Gasteiger partial charge is 0.322 e. The molecule has 2 N–H and O–H groups in total. The fourth-order valence-electron chi connectivity index (χ4n) is 2.63. The average molecular weight is 410 g/mol. The van der Waals surface area contributed by atoms with Crippen molar-refractivity contribution in [1.29, 1.82) is 0 Å². The number of hydrogen-bond donors (Lipinski definition) is 2. The van der Waals surface area contributed by atoms with Crippen LogP contribution in [0.5, 0.6) is 0 Å². The number of amides is 2. The zero-order valence-corrected chi connectivity index (χ0v) is 15.6. The van der Waals surface area contributed by atoms with Crippen LogP contribution in [-0.2, 0) is 11.0 Å². The van der Waals surface area contributed by atoms with Crippen molar-refractivity contribution < 1.29 is 22.8 Å². The normalized spacial score (nSPS) is 11.3. The lowest BCUT2D eigenvalue weighted by Crippen LogP contribution is -2.14. The van der Waals surface area contributed by atoms with Gasteiger partial charge in [0.25, 0.3) is 5.91 Å². The molecule has 4 nitrogen and oxygen atoms in total. The van der Waals surface area contributed by atoms with Gasteiger partial charge in [0.15, 0.2) is 0 Å². The van der Waals surface area contributed by atoms with Crippen molar-refractivity contribution in [3.63, 3.8) is 0 Å². The highest BCUT2D eigenvalue weighted by Crippen LogP contribution is 2.30. The number of benzene rings is 3. The number of alkyl halides is 3. The summed E-state index contributed by atoms with van der Waals surface area (Å²) in [5.74, 6) is -0.973. The molecule has 3 aromatic rings. The van der Waals surface area contributed by atoms with E-state index >= 15 is 0 Å². The minimum absolute atomic E-state index is 0.0232. The highest BCUT2D eigenvalue weighted by atomic mass is 19.4. The maximum atomic E-state index is 12.8. The predicted octanol–water partition coefficient (Wildman–Crippen LogP) is 5.61. The van der Waals surface area contributed by atoms with E-state index in [1.165, 1.54) is 30.3 Å². The van der Waals surface area contributed by atoms with Crippen molar-refractivity contribution in [3.05, 3.63) is 102 Å². The summed E-state index contributed by atoms with van der Waals surface area (Å²) in [6, 6.07) is 19.8. The molecule has 30 heavy (non-hydrogen) atoms. The number of rotatable bonds is 5. The summed E-state index contributed by atoms with van der Waals surface area (Å²) in [6.45, 7) is 0. The number of carbonyl (C=O) groups is 2. The minimum atomic E-state index is -4.50. The topological polar surface area (TPSA) is 58.2 Å². The zero-order valence-electron chi connectivity index (χ0n) is 15.6. The van der Waals surface area contributed by atoms with E-state index in [0.29, 0.717) is 5.69 Å². The standard InChI is InChI=1S/C23H17F3N2O2/c24-23(25,26)18-9-5-11-20(15-18)28-22(30)17-8-4-10-19(14-17)27-21(29)13-12-16-6-2-1-3-7-16/h1-15H,(H,27,29)(H,28,30)/b13-12+. The van der Waals surface area contributed by atoms with Crippen LogP contribution in [-0.4, -0.2) is 11.8 Å². The number of hydrogen-bond acceptors (Lipinski definition) is 2. The van der Waals surface area contributed by atoms with E-state index in [2.05, 4.69) is 10.6 Å². The number of nitrogens with one attached hydrogen (secondary N) is 2. The van der Waals surface area contributed by atoms with Gasteiger partial charge in [0.05, 0.1) is 5.56 Å². The van der Waals surface area contributed by atoms with Crippen LogP contribution >= 0.6 is 0 Å². The second-order valence-corrected chi connectivity index (χ2v) is 6.35. The Kier molecular flexibility index (Phi) is 6.32. The summed E-state index contributed by atoms with van der Waals surface area (Å²) >= 11 is 0. The van der Waals surface area contributed by atoms with Crippen molar-refractivity contribution in [2.24, 2.45) is 0 Å². The van der Waals surface area contributed by atoms with Gasteiger partial charge < -0.3 is 10.6 Å². The van der Waals surface area contributed by atoms with E-state index in [-0.39, 0.29) is 17.2 Å². The SMILES string of the molecule is O=C(/C=C/c1ccccc1)Nc1cccc(C(=O)Nc2cccc(C(F)(F)F)c2)c1. The predicted molar refractivity (Wildman–Crippen MR) is 110 cm³/mol. The van der Waals surface area contributed by atoms with Crippen molar-refractivity contribution in [2.75, 3.05) is 10.6 Å². The van der Waals surface area contributed by atoms with Crippen LogP contribution in [0.25, 0.3) is 6.08 Å². The molecule has 3 rings (SSSR count). The molecule has 7 heteroatoms. The Morgan fingerprint density at radius 1 is 0.767 bits per heavy atom. The monoisotopic (exact) mass is 410 g/mol. The first-order chi connectivity index (χ1) is 14.3. The van der Waals surface area contributed by atoms with Crippen LogP contribution in [0, 0.1) is 0 Å². The second kappa shape index (κ2) is 9.09. The van der Waals surface area contributed by atoms with Crippen LogP contribution in [0.2, 0.25) is 0 Å². The summed E-state index contributed by atoms with van der Waals surface area (Å²) in [5.41, 5.74) is 0.607. The van der Waals surface area contributed by atoms with Crippen molar-refractivity contribution >= 4 is 29.3 Å². The number of halogens is 3. The molecule has 0 fully saturated rings. The Morgan fingerprint density at radius 2 is 1.43 bits per heavy atom. The van der Waals surface area contributed by atoms with Crippen molar-refractivity contribution in [3.8, 4) is 0 Å². The average Bonchev–Trinajstić information content (AvgIpc) is 2.73. The lowest BCUT2D eigenvalue weighted by atomic mass is 10.1. The van der Waals surface area contributed by atoms with E-state index < -0.39 is 17.6 Å². The summed E-state index contributed by atoms with van der Waals surface area (Å²) < 4.78 is 38.4. The van der Waals surface area contributed by atoms with Gasteiger partial charge in [-0.1, -0.05) is 42.5 Å². The Bertz CT molecular complexity index is 1080. The molecular weight excluding hydrogens is 393 g/mol. The van der Waals surface area contributed by atoms with Gasteiger partial charge in [-0.15, -0.1) is 0 Å².